The van der Waals surface area contributed by atoms with Gasteiger partial charge in [-0.2, -0.15) is 0 Å². The highest BCUT2D eigenvalue weighted by atomic mass is 16.3. The fourth-order valence-electron chi connectivity index (χ4n) is 4.62. The second-order valence-electron chi connectivity index (χ2n) is 8.28. The van der Waals surface area contributed by atoms with Crippen LogP contribution in [0.2, 0.25) is 0 Å². The number of hydrogen-bond acceptors (Lipinski definition) is 3. The maximum Gasteiger partial charge on any atom is 0.295 e. The molecule has 2 fully saturated rings. The van der Waals surface area contributed by atoms with Crippen molar-refractivity contribution in [3.8, 4) is 0 Å². The maximum absolute atomic E-state index is 13.1. The van der Waals surface area contributed by atoms with Crippen LogP contribution in [0.15, 0.2) is 54.1 Å². The lowest BCUT2D eigenvalue weighted by Crippen LogP contribution is -2.40. The van der Waals surface area contributed by atoms with Gasteiger partial charge in [0, 0.05) is 11.6 Å². The van der Waals surface area contributed by atoms with Crippen LogP contribution < -0.4 is 0 Å². The number of aliphatic hydroxyl groups excluding tert-OH is 1. The van der Waals surface area contributed by atoms with Crippen LogP contribution >= 0.6 is 0 Å². The predicted octanol–water partition coefficient (Wildman–Crippen LogP) is 5.06. The van der Waals surface area contributed by atoms with Crippen LogP contribution in [0.5, 0.6) is 0 Å². The van der Waals surface area contributed by atoms with E-state index >= 15 is 0 Å². The Morgan fingerprint density at radius 2 is 1.62 bits per heavy atom. The summed E-state index contributed by atoms with van der Waals surface area (Å²) in [6, 6.07) is 14.8. The summed E-state index contributed by atoms with van der Waals surface area (Å²) in [6.07, 6.45) is 5.09. The number of carbonyl (C=O) groups excluding carboxylic acids is 2. The average Bonchev–Trinajstić information content (AvgIpc) is 2.99. The first-order chi connectivity index (χ1) is 14.0. The summed E-state index contributed by atoms with van der Waals surface area (Å²) in [5, 5.41) is 11.1. The van der Waals surface area contributed by atoms with Crippen molar-refractivity contribution in [3.63, 3.8) is 0 Å². The van der Waals surface area contributed by atoms with Gasteiger partial charge in [0.05, 0.1) is 11.6 Å². The zero-order chi connectivity index (χ0) is 20.5. The van der Waals surface area contributed by atoms with Gasteiger partial charge < -0.3 is 10.0 Å². The van der Waals surface area contributed by atoms with E-state index in [-0.39, 0.29) is 17.4 Å². The first-order valence-corrected chi connectivity index (χ1v) is 10.4. The largest absolute Gasteiger partial charge is 0.507 e. The monoisotopic (exact) mass is 389 g/mol. The number of ketones is 1. The highest BCUT2D eigenvalue weighted by Gasteiger charge is 2.48. The van der Waals surface area contributed by atoms with Gasteiger partial charge in [-0.3, -0.25) is 9.59 Å². The summed E-state index contributed by atoms with van der Waals surface area (Å²) in [7, 11) is 0. The number of aryl methyl sites for hydroxylation is 2. The molecule has 1 aliphatic heterocycles. The molecule has 1 heterocycles. The lowest BCUT2D eigenvalue weighted by atomic mass is 9.90. The molecular weight excluding hydrogens is 362 g/mol. The minimum Gasteiger partial charge on any atom is -0.507 e. The number of nitrogens with zero attached hydrogens (tertiary/aromatic N) is 1. The summed E-state index contributed by atoms with van der Waals surface area (Å²) in [4.78, 5) is 28.0. The summed E-state index contributed by atoms with van der Waals surface area (Å²) < 4.78 is 0. The molecule has 4 rings (SSSR count). The summed E-state index contributed by atoms with van der Waals surface area (Å²) in [5.74, 6) is -1.16. The molecule has 0 radical (unpaired) electrons. The number of hydrogen-bond donors (Lipinski definition) is 1. The van der Waals surface area contributed by atoms with Crippen molar-refractivity contribution in [2.75, 3.05) is 0 Å². The third-order valence-corrected chi connectivity index (χ3v) is 6.13. The molecule has 29 heavy (non-hydrogen) atoms. The van der Waals surface area contributed by atoms with Gasteiger partial charge >= 0.3 is 0 Å². The molecular formula is C25H27NO3. The van der Waals surface area contributed by atoms with E-state index in [0.29, 0.717) is 5.56 Å². The van der Waals surface area contributed by atoms with Crippen LogP contribution in [-0.2, 0) is 9.59 Å². The number of likely N-dealkylation sites (tertiary alicyclic amines) is 1. The Bertz CT molecular complexity index is 968. The van der Waals surface area contributed by atoms with Gasteiger partial charge in [-0.05, 0) is 32.3 Å². The molecule has 0 aromatic heterocycles. The van der Waals surface area contributed by atoms with Crippen LogP contribution in [0.4, 0.5) is 0 Å². The van der Waals surface area contributed by atoms with Crippen molar-refractivity contribution in [2.45, 2.75) is 58.0 Å². The van der Waals surface area contributed by atoms with Crippen LogP contribution in [-0.4, -0.2) is 27.7 Å². The summed E-state index contributed by atoms with van der Waals surface area (Å²) in [6.45, 7) is 3.97. The molecule has 0 bridgehead atoms. The van der Waals surface area contributed by atoms with Crippen molar-refractivity contribution >= 4 is 17.4 Å². The minimum absolute atomic E-state index is 0.0361. The van der Waals surface area contributed by atoms with Crippen molar-refractivity contribution in [1.82, 2.24) is 4.90 Å². The van der Waals surface area contributed by atoms with Gasteiger partial charge in [-0.15, -0.1) is 0 Å². The topological polar surface area (TPSA) is 57.6 Å². The van der Waals surface area contributed by atoms with Gasteiger partial charge in [0.2, 0.25) is 0 Å². The number of Topliss-reactive ketones (excluding diaryl/α,β-unsaturated/α-hetero) is 1. The van der Waals surface area contributed by atoms with Gasteiger partial charge in [0.15, 0.2) is 0 Å². The van der Waals surface area contributed by atoms with Crippen LogP contribution in [0.3, 0.4) is 0 Å². The third-order valence-electron chi connectivity index (χ3n) is 6.13. The number of benzene rings is 2. The quantitative estimate of drug-likeness (QED) is 0.454. The number of carbonyl (C=O) groups is 2. The fraction of sp³-hybridized carbons (Fsp3) is 0.360. The van der Waals surface area contributed by atoms with Crippen LogP contribution in [0, 0.1) is 13.8 Å². The summed E-state index contributed by atoms with van der Waals surface area (Å²) in [5.41, 5.74) is 3.78. The molecule has 0 spiro atoms. The lowest BCUT2D eigenvalue weighted by Gasteiger charge is -2.35. The molecule has 2 aliphatic rings. The smallest absolute Gasteiger partial charge is 0.295 e. The predicted molar refractivity (Wildman–Crippen MR) is 113 cm³/mol. The SMILES string of the molecule is Cc1ccc(/C(O)=C2/C(=O)C(=O)N(C3CCCCC3)C2c2cccc(C)c2)cc1. The van der Waals surface area contributed by atoms with E-state index < -0.39 is 17.7 Å². The molecule has 1 atom stereocenters. The molecule has 1 unspecified atom stereocenters. The van der Waals surface area contributed by atoms with Gasteiger partial charge in [-0.1, -0.05) is 78.9 Å². The van der Waals surface area contributed by atoms with E-state index in [9.17, 15) is 14.7 Å². The maximum atomic E-state index is 13.1. The Balaban J connectivity index is 1.87. The molecule has 4 heteroatoms. The number of rotatable bonds is 3. The second-order valence-corrected chi connectivity index (χ2v) is 8.28. The zero-order valence-electron chi connectivity index (χ0n) is 17.0. The number of amides is 1. The highest BCUT2D eigenvalue weighted by Crippen LogP contribution is 2.43. The highest BCUT2D eigenvalue weighted by molar-refractivity contribution is 6.46. The standard InChI is InChI=1S/C25H27NO3/c1-16-11-13-18(14-12-16)23(27)21-22(19-8-6-7-17(2)15-19)26(25(29)24(21)28)20-9-4-3-5-10-20/h6-8,11-15,20,22,27H,3-5,9-10H2,1-2H3/b23-21-. The molecule has 1 saturated carbocycles. The van der Waals surface area contributed by atoms with E-state index in [1.165, 1.54) is 6.42 Å². The van der Waals surface area contributed by atoms with Gasteiger partial charge in [-0.25, -0.2) is 0 Å². The molecule has 2 aromatic carbocycles. The third kappa shape index (κ3) is 3.59. The minimum atomic E-state index is -0.583. The van der Waals surface area contributed by atoms with E-state index in [4.69, 9.17) is 0 Å². The Morgan fingerprint density at radius 1 is 0.931 bits per heavy atom. The molecule has 2 aromatic rings. The fourth-order valence-corrected chi connectivity index (χ4v) is 4.62. The second kappa shape index (κ2) is 7.86. The van der Waals surface area contributed by atoms with E-state index in [0.717, 1.165) is 42.4 Å². The Hall–Kier alpha value is -2.88. The van der Waals surface area contributed by atoms with Crippen molar-refractivity contribution in [1.29, 1.82) is 0 Å². The zero-order valence-corrected chi connectivity index (χ0v) is 17.0. The Kier molecular flexibility index (Phi) is 5.27. The van der Waals surface area contributed by atoms with Crippen molar-refractivity contribution in [2.24, 2.45) is 0 Å². The number of aliphatic hydroxyl groups is 1. The molecule has 1 aliphatic carbocycles. The summed E-state index contributed by atoms with van der Waals surface area (Å²) >= 11 is 0. The lowest BCUT2D eigenvalue weighted by molar-refractivity contribution is -0.141. The molecule has 1 N–H and O–H groups in total. The van der Waals surface area contributed by atoms with E-state index in [1.807, 2.05) is 50.2 Å². The molecule has 1 saturated heterocycles. The first kappa shape index (κ1) is 19.4. The van der Waals surface area contributed by atoms with E-state index in [1.54, 1.807) is 17.0 Å². The average molecular weight is 389 g/mol. The van der Waals surface area contributed by atoms with Crippen LogP contribution in [0.25, 0.3) is 5.76 Å². The molecule has 150 valence electrons. The normalized spacial score (nSPS) is 22.3. The molecule has 4 nitrogen and oxygen atoms in total. The van der Waals surface area contributed by atoms with Crippen molar-refractivity contribution in [3.05, 3.63) is 76.4 Å². The first-order valence-electron chi connectivity index (χ1n) is 10.4. The van der Waals surface area contributed by atoms with E-state index in [2.05, 4.69) is 0 Å². The molecule has 1 amide bonds. The van der Waals surface area contributed by atoms with Gasteiger partial charge in [0.25, 0.3) is 11.7 Å². The van der Waals surface area contributed by atoms with Gasteiger partial charge in [0.1, 0.15) is 5.76 Å². The van der Waals surface area contributed by atoms with Crippen LogP contribution in [0.1, 0.15) is 60.4 Å². The van der Waals surface area contributed by atoms with Crippen molar-refractivity contribution < 1.29 is 14.7 Å². The Labute approximate surface area is 171 Å². The Morgan fingerprint density at radius 3 is 2.28 bits per heavy atom.